The molecule has 0 radical (unpaired) electrons. The Morgan fingerprint density at radius 1 is 1.58 bits per heavy atom. The zero-order valence-corrected chi connectivity index (χ0v) is 12.3. The molecule has 0 bridgehead atoms. The van der Waals surface area contributed by atoms with Gasteiger partial charge < -0.3 is 10.3 Å². The first-order chi connectivity index (χ1) is 9.15. The molecule has 1 saturated heterocycles. The van der Waals surface area contributed by atoms with Crippen molar-refractivity contribution < 1.29 is 4.79 Å². The summed E-state index contributed by atoms with van der Waals surface area (Å²) in [4.78, 5) is 14.4. The number of anilines is 1. The van der Waals surface area contributed by atoms with Gasteiger partial charge in [-0.25, -0.2) is 0 Å². The molecule has 1 atom stereocenters. The van der Waals surface area contributed by atoms with Crippen molar-refractivity contribution in [2.75, 3.05) is 24.3 Å². The number of hydrogen-bond donors (Lipinski definition) is 2. The lowest BCUT2D eigenvalue weighted by Crippen LogP contribution is -2.41. The largest absolute Gasteiger partial charge is 0.337 e. The molecule has 4 nitrogen and oxygen atoms in total. The van der Waals surface area contributed by atoms with Crippen LogP contribution in [0.25, 0.3) is 0 Å². The molecule has 2 rings (SSSR count). The third-order valence-electron chi connectivity index (χ3n) is 3.51. The summed E-state index contributed by atoms with van der Waals surface area (Å²) in [5.74, 6) is 6.57. The van der Waals surface area contributed by atoms with E-state index in [1.54, 1.807) is 0 Å². The van der Waals surface area contributed by atoms with Gasteiger partial charge in [-0.1, -0.05) is 6.92 Å². The molecule has 0 aliphatic carbocycles. The van der Waals surface area contributed by atoms with Crippen molar-refractivity contribution in [3.8, 4) is 0 Å². The topological polar surface area (TPSA) is 58.4 Å². The van der Waals surface area contributed by atoms with E-state index in [9.17, 15) is 4.79 Å². The molecule has 1 unspecified atom stereocenters. The van der Waals surface area contributed by atoms with Gasteiger partial charge in [0, 0.05) is 29.7 Å². The van der Waals surface area contributed by atoms with Gasteiger partial charge in [0.1, 0.15) is 0 Å². The molecule has 1 aliphatic rings. The normalized spacial score (nSPS) is 19.3. The van der Waals surface area contributed by atoms with Gasteiger partial charge in [0.05, 0.1) is 5.69 Å². The molecule has 3 N–H and O–H groups in total. The van der Waals surface area contributed by atoms with Gasteiger partial charge in [-0.05, 0) is 37.1 Å². The summed E-state index contributed by atoms with van der Waals surface area (Å²) in [6, 6.07) is 5.60. The number of carbonyl (C=O) groups is 1. The van der Waals surface area contributed by atoms with Crippen LogP contribution in [0.5, 0.6) is 0 Å². The summed E-state index contributed by atoms with van der Waals surface area (Å²) in [6.07, 6.45) is 1.11. The van der Waals surface area contributed by atoms with Crippen LogP contribution < -0.4 is 11.3 Å². The molecule has 1 aliphatic heterocycles. The molecule has 1 amide bonds. The Bertz CT molecular complexity index is 464. The van der Waals surface area contributed by atoms with E-state index in [0.29, 0.717) is 5.25 Å². The summed E-state index contributed by atoms with van der Waals surface area (Å²) in [5, 5.41) is 0.573. The molecule has 1 aromatic rings. The number of rotatable bonds is 3. The van der Waals surface area contributed by atoms with Gasteiger partial charge in [0.25, 0.3) is 5.91 Å². The van der Waals surface area contributed by atoms with E-state index in [2.05, 4.69) is 12.3 Å². The monoisotopic (exact) mass is 279 g/mol. The number of carbonyl (C=O) groups excluding carboxylic acids is 1. The van der Waals surface area contributed by atoms with Crippen LogP contribution in [0.15, 0.2) is 18.2 Å². The fourth-order valence-electron chi connectivity index (χ4n) is 2.29. The summed E-state index contributed by atoms with van der Waals surface area (Å²) in [5.41, 5.74) is 5.23. The molecule has 0 spiro atoms. The van der Waals surface area contributed by atoms with Crippen molar-refractivity contribution in [3.05, 3.63) is 29.3 Å². The maximum absolute atomic E-state index is 12.5. The van der Waals surface area contributed by atoms with Crippen LogP contribution in [0, 0.1) is 6.92 Å². The maximum Gasteiger partial charge on any atom is 0.253 e. The van der Waals surface area contributed by atoms with Crippen LogP contribution in [-0.2, 0) is 0 Å². The molecule has 1 fully saturated rings. The predicted molar refractivity (Wildman–Crippen MR) is 81.4 cm³/mol. The van der Waals surface area contributed by atoms with E-state index >= 15 is 0 Å². The molecule has 0 saturated carbocycles. The lowest BCUT2D eigenvalue weighted by atomic mass is 10.1. The average Bonchev–Trinajstić information content (AvgIpc) is 2.46. The number of aryl methyl sites for hydroxylation is 1. The minimum absolute atomic E-state index is 0.130. The third kappa shape index (κ3) is 3.22. The van der Waals surface area contributed by atoms with Crippen molar-refractivity contribution in [1.82, 2.24) is 4.90 Å². The average molecular weight is 279 g/mol. The summed E-state index contributed by atoms with van der Waals surface area (Å²) < 4.78 is 0. The number of amides is 1. The van der Waals surface area contributed by atoms with Crippen LogP contribution in [0.1, 0.15) is 29.3 Å². The molecule has 104 valence electrons. The second-order valence-electron chi connectivity index (χ2n) is 4.83. The first-order valence-corrected chi connectivity index (χ1v) is 7.68. The Morgan fingerprint density at radius 2 is 2.37 bits per heavy atom. The Hall–Kier alpha value is -1.20. The standard InChI is InChI=1S/C14H21N3OS/c1-3-12-9-17(6-7-19-12)14(18)11-4-5-13(16-15)10(2)8-11/h4-5,8,12,16H,3,6-7,9,15H2,1-2H3. The van der Waals surface area contributed by atoms with Crippen molar-refractivity contribution >= 4 is 23.4 Å². The van der Waals surface area contributed by atoms with Crippen LogP contribution in [0.3, 0.4) is 0 Å². The summed E-state index contributed by atoms with van der Waals surface area (Å²) in [6.45, 7) is 5.83. The van der Waals surface area contributed by atoms with Crippen molar-refractivity contribution in [2.45, 2.75) is 25.5 Å². The van der Waals surface area contributed by atoms with Gasteiger partial charge in [-0.3, -0.25) is 10.6 Å². The van der Waals surface area contributed by atoms with E-state index in [1.807, 2.05) is 41.8 Å². The smallest absolute Gasteiger partial charge is 0.253 e. The fourth-order valence-corrected chi connectivity index (χ4v) is 3.47. The van der Waals surface area contributed by atoms with Gasteiger partial charge in [0.2, 0.25) is 0 Å². The number of benzene rings is 1. The first-order valence-electron chi connectivity index (χ1n) is 6.63. The van der Waals surface area contributed by atoms with Crippen molar-refractivity contribution in [1.29, 1.82) is 0 Å². The molecule has 1 aromatic carbocycles. The second kappa shape index (κ2) is 6.30. The quantitative estimate of drug-likeness (QED) is 0.658. The summed E-state index contributed by atoms with van der Waals surface area (Å²) in [7, 11) is 0. The molecule has 19 heavy (non-hydrogen) atoms. The first kappa shape index (κ1) is 14.2. The molecular formula is C14H21N3OS. The van der Waals surface area contributed by atoms with Crippen LogP contribution in [0.2, 0.25) is 0 Å². The lowest BCUT2D eigenvalue weighted by molar-refractivity contribution is 0.0761. The molecule has 5 heteroatoms. The van der Waals surface area contributed by atoms with Gasteiger partial charge in [0.15, 0.2) is 0 Å². The number of nitrogens with one attached hydrogen (secondary N) is 1. The zero-order valence-electron chi connectivity index (χ0n) is 11.5. The van der Waals surface area contributed by atoms with Crippen LogP contribution >= 0.6 is 11.8 Å². The molecule has 0 aromatic heterocycles. The van der Waals surface area contributed by atoms with E-state index in [0.717, 1.165) is 42.1 Å². The van der Waals surface area contributed by atoms with Gasteiger partial charge >= 0.3 is 0 Å². The SMILES string of the molecule is CCC1CN(C(=O)c2ccc(NN)c(C)c2)CCS1. The number of nitrogens with zero attached hydrogens (tertiary/aromatic N) is 1. The zero-order chi connectivity index (χ0) is 13.8. The maximum atomic E-state index is 12.5. The van der Waals surface area contributed by atoms with E-state index in [1.165, 1.54) is 0 Å². The van der Waals surface area contributed by atoms with Crippen molar-refractivity contribution in [2.24, 2.45) is 5.84 Å². The fraction of sp³-hybridized carbons (Fsp3) is 0.500. The number of thioether (sulfide) groups is 1. The van der Waals surface area contributed by atoms with E-state index < -0.39 is 0 Å². The number of nitrogen functional groups attached to an aromatic ring is 1. The highest BCUT2D eigenvalue weighted by Gasteiger charge is 2.23. The Labute approximate surface area is 118 Å². The molecular weight excluding hydrogens is 258 g/mol. The third-order valence-corrected chi connectivity index (χ3v) is 4.88. The minimum Gasteiger partial charge on any atom is -0.337 e. The molecule has 1 heterocycles. The van der Waals surface area contributed by atoms with E-state index in [-0.39, 0.29) is 5.91 Å². The van der Waals surface area contributed by atoms with Gasteiger partial charge in [-0.2, -0.15) is 11.8 Å². The lowest BCUT2D eigenvalue weighted by Gasteiger charge is -2.32. The van der Waals surface area contributed by atoms with Crippen LogP contribution in [-0.4, -0.2) is 34.9 Å². The highest BCUT2D eigenvalue weighted by Crippen LogP contribution is 2.23. The van der Waals surface area contributed by atoms with E-state index in [4.69, 9.17) is 5.84 Å². The Morgan fingerprint density at radius 3 is 3.00 bits per heavy atom. The predicted octanol–water partition coefficient (Wildman–Crippen LogP) is 2.25. The Kier molecular flexibility index (Phi) is 4.71. The minimum atomic E-state index is 0.130. The number of nitrogens with two attached hydrogens (primary N) is 1. The number of hydrazine groups is 1. The highest BCUT2D eigenvalue weighted by molar-refractivity contribution is 8.00. The number of hydrogen-bond acceptors (Lipinski definition) is 4. The van der Waals surface area contributed by atoms with Gasteiger partial charge in [-0.15, -0.1) is 0 Å². The summed E-state index contributed by atoms with van der Waals surface area (Å²) >= 11 is 1.97. The Balaban J connectivity index is 2.12. The highest BCUT2D eigenvalue weighted by atomic mass is 32.2. The van der Waals surface area contributed by atoms with Crippen LogP contribution in [0.4, 0.5) is 5.69 Å². The second-order valence-corrected chi connectivity index (χ2v) is 6.23. The van der Waals surface area contributed by atoms with Crippen molar-refractivity contribution in [3.63, 3.8) is 0 Å².